The second-order valence-electron chi connectivity index (χ2n) is 9.12. The molecule has 0 N–H and O–H groups in total. The number of aryl methyl sites for hydroxylation is 1. The predicted octanol–water partition coefficient (Wildman–Crippen LogP) is 7.07. The minimum Gasteiger partial charge on any atom is -0.247 e. The van der Waals surface area contributed by atoms with Crippen molar-refractivity contribution in [1.82, 2.24) is 4.98 Å². The quantitative estimate of drug-likeness (QED) is 0.323. The molecule has 0 radical (unpaired) electrons. The van der Waals surface area contributed by atoms with Crippen molar-refractivity contribution >= 4 is 21.7 Å². The Balaban J connectivity index is 1.98. The first-order valence-corrected chi connectivity index (χ1v) is 9.86. The van der Waals surface area contributed by atoms with Crippen LogP contribution < -0.4 is 0 Å². The van der Waals surface area contributed by atoms with Gasteiger partial charge in [-0.2, -0.15) is 0 Å². The molecule has 5 rings (SSSR count). The van der Waals surface area contributed by atoms with E-state index in [1.807, 2.05) is 12.1 Å². The summed E-state index contributed by atoms with van der Waals surface area (Å²) in [5.74, 6) is -0.187. The van der Waals surface area contributed by atoms with Gasteiger partial charge in [-0.05, 0) is 70.1 Å². The Kier molecular flexibility index (Phi) is 3.35. The van der Waals surface area contributed by atoms with Gasteiger partial charge in [0.2, 0.25) is 0 Å². The Morgan fingerprint density at radius 2 is 1.57 bits per heavy atom. The third-order valence-electron chi connectivity index (χ3n) is 7.20. The van der Waals surface area contributed by atoms with Crippen molar-refractivity contribution in [2.75, 3.05) is 0 Å². The molecule has 0 amide bonds. The summed E-state index contributed by atoms with van der Waals surface area (Å²) < 4.78 is 14.0. The molecule has 0 fully saturated rings. The number of benzene rings is 3. The molecule has 0 bridgehead atoms. The maximum absolute atomic E-state index is 14.0. The van der Waals surface area contributed by atoms with E-state index in [-0.39, 0.29) is 16.6 Å². The molecule has 1 aromatic heterocycles. The van der Waals surface area contributed by atoms with Crippen molar-refractivity contribution in [3.63, 3.8) is 0 Å². The number of fused-ring (bicyclic) bond motifs is 5. The number of hydrogen-bond acceptors (Lipinski definition) is 1. The molecule has 1 nitrogen and oxygen atoms in total. The lowest BCUT2D eigenvalue weighted by atomic mass is 9.55. The van der Waals surface area contributed by atoms with E-state index < -0.39 is 0 Å². The summed E-state index contributed by atoms with van der Waals surface area (Å²) in [6.07, 6.45) is 0. The molecule has 0 saturated heterocycles. The molecule has 1 aliphatic carbocycles. The first kappa shape index (κ1) is 17.4. The van der Waals surface area contributed by atoms with Crippen molar-refractivity contribution in [2.45, 2.75) is 45.4 Å². The first-order valence-electron chi connectivity index (χ1n) is 9.86. The van der Waals surface area contributed by atoms with Crippen LogP contribution in [-0.4, -0.2) is 4.98 Å². The molecule has 0 atom stereocenters. The highest BCUT2D eigenvalue weighted by Crippen LogP contribution is 2.55. The van der Waals surface area contributed by atoms with Crippen molar-refractivity contribution in [2.24, 2.45) is 0 Å². The predicted molar refractivity (Wildman–Crippen MR) is 115 cm³/mol. The van der Waals surface area contributed by atoms with Gasteiger partial charge in [0.1, 0.15) is 5.82 Å². The van der Waals surface area contributed by atoms with Crippen LogP contribution >= 0.6 is 0 Å². The molecule has 0 unspecified atom stereocenters. The van der Waals surface area contributed by atoms with Crippen LogP contribution in [0.4, 0.5) is 4.39 Å². The third-order valence-corrected chi connectivity index (χ3v) is 7.20. The van der Waals surface area contributed by atoms with Gasteiger partial charge in [0, 0.05) is 16.4 Å². The molecular weight excluding hydrogens is 345 g/mol. The second-order valence-corrected chi connectivity index (χ2v) is 9.12. The highest BCUT2D eigenvalue weighted by Gasteiger charge is 2.47. The smallest absolute Gasteiger partial charge is 0.123 e. The zero-order valence-corrected chi connectivity index (χ0v) is 17.0. The lowest BCUT2D eigenvalue weighted by Gasteiger charge is -2.48. The summed E-state index contributed by atoms with van der Waals surface area (Å²) in [7, 11) is 0. The summed E-state index contributed by atoms with van der Waals surface area (Å²) in [4.78, 5) is 5.11. The average molecular weight is 369 g/mol. The molecule has 1 heterocycles. The van der Waals surface area contributed by atoms with Gasteiger partial charge in [0.05, 0.1) is 11.2 Å². The van der Waals surface area contributed by atoms with Crippen molar-refractivity contribution in [3.05, 3.63) is 77.1 Å². The van der Waals surface area contributed by atoms with Crippen LogP contribution in [0.15, 0.2) is 54.6 Å². The summed E-state index contributed by atoms with van der Waals surface area (Å²) in [6.45, 7) is 11.4. The van der Waals surface area contributed by atoms with Crippen LogP contribution in [0.2, 0.25) is 0 Å². The number of nitrogens with zero attached hydrogens (tertiary/aromatic N) is 1. The molecular formula is C26H24FN. The fourth-order valence-electron chi connectivity index (χ4n) is 4.98. The normalized spacial score (nSPS) is 16.8. The molecule has 4 aromatic rings. The van der Waals surface area contributed by atoms with Gasteiger partial charge in [-0.25, -0.2) is 9.37 Å². The fourth-order valence-corrected chi connectivity index (χ4v) is 4.98. The standard InChI is InChI=1S/C26H24FN/c1-15-19-14-18(27)11-10-16(19)12-20-23(15)26(4,5)25(2,3)21-13-17-8-6-7-9-22(17)28-24(20)21/h6-14H,1-5H3. The molecule has 140 valence electrons. The van der Waals surface area contributed by atoms with E-state index in [1.54, 1.807) is 12.1 Å². The number of para-hydroxylation sites is 1. The number of aromatic nitrogens is 1. The van der Waals surface area contributed by atoms with Gasteiger partial charge in [-0.15, -0.1) is 0 Å². The van der Waals surface area contributed by atoms with E-state index in [0.717, 1.165) is 27.5 Å². The van der Waals surface area contributed by atoms with Gasteiger partial charge in [-0.3, -0.25) is 0 Å². The summed E-state index contributed by atoms with van der Waals surface area (Å²) in [5, 5.41) is 3.23. The number of halogens is 1. The molecule has 2 heteroatoms. The Bertz CT molecular complexity index is 1280. The summed E-state index contributed by atoms with van der Waals surface area (Å²) in [6, 6.07) is 17.9. The SMILES string of the molecule is Cc1c2c(cc3ccc(F)cc13)-c1nc3ccccc3cc1C(C)(C)C2(C)C. The lowest BCUT2D eigenvalue weighted by Crippen LogP contribution is -2.44. The second kappa shape index (κ2) is 5.41. The van der Waals surface area contributed by atoms with E-state index in [9.17, 15) is 4.39 Å². The van der Waals surface area contributed by atoms with Gasteiger partial charge < -0.3 is 0 Å². The van der Waals surface area contributed by atoms with E-state index in [4.69, 9.17) is 4.98 Å². The third kappa shape index (κ3) is 2.09. The minimum absolute atomic E-state index is 0.113. The lowest BCUT2D eigenvalue weighted by molar-refractivity contribution is 0.297. The Hall–Kier alpha value is -2.74. The van der Waals surface area contributed by atoms with Crippen molar-refractivity contribution < 1.29 is 4.39 Å². The zero-order chi connectivity index (χ0) is 19.8. The molecule has 1 aliphatic rings. The highest BCUT2D eigenvalue weighted by atomic mass is 19.1. The van der Waals surface area contributed by atoms with E-state index in [0.29, 0.717) is 0 Å². The molecule has 3 aromatic carbocycles. The van der Waals surface area contributed by atoms with Gasteiger partial charge >= 0.3 is 0 Å². The van der Waals surface area contributed by atoms with Crippen LogP contribution in [0.5, 0.6) is 0 Å². The first-order chi connectivity index (χ1) is 13.2. The maximum Gasteiger partial charge on any atom is 0.123 e. The molecule has 0 aliphatic heterocycles. The Labute approximate surface area is 165 Å². The molecule has 0 spiro atoms. The minimum atomic E-state index is -0.187. The summed E-state index contributed by atoms with van der Waals surface area (Å²) in [5.41, 5.74) is 6.75. The fraction of sp³-hybridized carbons (Fsp3) is 0.269. The van der Waals surface area contributed by atoms with Crippen molar-refractivity contribution in [1.29, 1.82) is 0 Å². The van der Waals surface area contributed by atoms with Gasteiger partial charge in [-0.1, -0.05) is 52.0 Å². The largest absolute Gasteiger partial charge is 0.247 e. The maximum atomic E-state index is 14.0. The topological polar surface area (TPSA) is 12.9 Å². The highest BCUT2D eigenvalue weighted by molar-refractivity contribution is 5.95. The molecule has 28 heavy (non-hydrogen) atoms. The average Bonchev–Trinajstić information content (AvgIpc) is 2.66. The van der Waals surface area contributed by atoms with E-state index in [2.05, 4.69) is 65.0 Å². The number of hydrogen-bond donors (Lipinski definition) is 0. The molecule has 0 saturated carbocycles. The van der Waals surface area contributed by atoms with Crippen LogP contribution in [0, 0.1) is 12.7 Å². The van der Waals surface area contributed by atoms with Crippen LogP contribution in [0.25, 0.3) is 32.9 Å². The van der Waals surface area contributed by atoms with Crippen LogP contribution in [-0.2, 0) is 10.8 Å². The van der Waals surface area contributed by atoms with Gasteiger partial charge in [0.15, 0.2) is 0 Å². The van der Waals surface area contributed by atoms with Crippen LogP contribution in [0.1, 0.15) is 44.4 Å². The van der Waals surface area contributed by atoms with Gasteiger partial charge in [0.25, 0.3) is 0 Å². The number of rotatable bonds is 0. The zero-order valence-electron chi connectivity index (χ0n) is 17.0. The number of pyridine rings is 1. The van der Waals surface area contributed by atoms with Crippen molar-refractivity contribution in [3.8, 4) is 11.3 Å². The monoisotopic (exact) mass is 369 g/mol. The van der Waals surface area contributed by atoms with E-state index in [1.165, 1.54) is 22.1 Å². The van der Waals surface area contributed by atoms with Crippen LogP contribution in [0.3, 0.4) is 0 Å². The van der Waals surface area contributed by atoms with E-state index >= 15 is 0 Å². The Morgan fingerprint density at radius 1 is 0.821 bits per heavy atom. The summed E-state index contributed by atoms with van der Waals surface area (Å²) >= 11 is 0. The Morgan fingerprint density at radius 3 is 2.36 bits per heavy atom.